The average Bonchev–Trinajstić information content (AvgIpc) is 3.03. The highest BCUT2D eigenvalue weighted by molar-refractivity contribution is 7.14. The number of benzene rings is 2. The fourth-order valence-corrected chi connectivity index (χ4v) is 2.87. The van der Waals surface area contributed by atoms with Crippen LogP contribution in [0.25, 0.3) is 11.3 Å². The molecule has 0 spiro atoms. The highest BCUT2D eigenvalue weighted by Gasteiger charge is 2.11. The third kappa shape index (κ3) is 3.56. The molecule has 0 atom stereocenters. The minimum atomic E-state index is -1.21. The number of thiazole rings is 1. The van der Waals surface area contributed by atoms with Gasteiger partial charge >= 0.3 is 5.97 Å². The van der Waals surface area contributed by atoms with Crippen molar-refractivity contribution < 1.29 is 19.9 Å². The van der Waals surface area contributed by atoms with E-state index in [1.165, 1.54) is 41.7 Å². The van der Waals surface area contributed by atoms with Crippen LogP contribution in [0.5, 0.6) is 5.75 Å². The number of nitrogens with zero attached hydrogens (tertiary/aromatic N) is 2. The lowest BCUT2D eigenvalue weighted by molar-refractivity contribution is -0.384. The Kier molecular flexibility index (Phi) is 4.31. The van der Waals surface area contributed by atoms with Gasteiger partial charge in [-0.05, 0) is 24.3 Å². The van der Waals surface area contributed by atoms with Crippen LogP contribution in [0.2, 0.25) is 0 Å². The number of carbonyl (C=O) groups is 1. The zero-order valence-corrected chi connectivity index (χ0v) is 13.4. The average molecular weight is 357 g/mol. The second kappa shape index (κ2) is 6.57. The standard InChI is InChI=1S/C16H11N3O5S/c20-14-7-10(3-6-12(14)15(21)22)17-16-18-13(8-25-16)9-1-4-11(5-2-9)19(23)24/h1-8,20H,(H,17,18)(H,21,22). The number of anilines is 2. The molecule has 2 aromatic carbocycles. The molecule has 1 aromatic heterocycles. The molecular formula is C16H11N3O5S. The van der Waals surface area contributed by atoms with Crippen molar-refractivity contribution >= 4 is 33.8 Å². The fraction of sp³-hybridized carbons (Fsp3) is 0. The summed E-state index contributed by atoms with van der Waals surface area (Å²) >= 11 is 1.31. The van der Waals surface area contributed by atoms with E-state index in [2.05, 4.69) is 10.3 Å². The molecule has 0 saturated heterocycles. The van der Waals surface area contributed by atoms with Gasteiger partial charge in [0.05, 0.1) is 10.6 Å². The van der Waals surface area contributed by atoms with Crippen LogP contribution in [0.4, 0.5) is 16.5 Å². The van der Waals surface area contributed by atoms with Crippen molar-refractivity contribution in [1.29, 1.82) is 0 Å². The Morgan fingerprint density at radius 3 is 2.52 bits per heavy atom. The van der Waals surface area contributed by atoms with E-state index in [0.29, 0.717) is 16.5 Å². The Morgan fingerprint density at radius 1 is 1.20 bits per heavy atom. The molecule has 3 rings (SSSR count). The highest BCUT2D eigenvalue weighted by Crippen LogP contribution is 2.30. The van der Waals surface area contributed by atoms with Crippen LogP contribution < -0.4 is 5.32 Å². The van der Waals surface area contributed by atoms with E-state index in [-0.39, 0.29) is 17.0 Å². The van der Waals surface area contributed by atoms with Gasteiger partial charge in [-0.15, -0.1) is 11.3 Å². The van der Waals surface area contributed by atoms with Crippen LogP contribution in [0, 0.1) is 10.1 Å². The smallest absolute Gasteiger partial charge is 0.339 e. The quantitative estimate of drug-likeness (QED) is 0.467. The molecule has 8 nitrogen and oxygen atoms in total. The number of rotatable bonds is 5. The zero-order chi connectivity index (χ0) is 18.0. The molecule has 0 aliphatic carbocycles. The topological polar surface area (TPSA) is 126 Å². The highest BCUT2D eigenvalue weighted by atomic mass is 32.1. The number of non-ortho nitro benzene ring substituents is 1. The van der Waals surface area contributed by atoms with Crippen LogP contribution in [-0.2, 0) is 0 Å². The largest absolute Gasteiger partial charge is 0.507 e. The number of carboxylic acid groups (broad SMARTS) is 1. The number of carboxylic acids is 1. The van der Waals surface area contributed by atoms with Crippen LogP contribution in [0.3, 0.4) is 0 Å². The van der Waals surface area contributed by atoms with E-state index >= 15 is 0 Å². The van der Waals surface area contributed by atoms with E-state index in [1.807, 2.05) is 0 Å². The van der Waals surface area contributed by atoms with Crippen molar-refractivity contribution in [2.45, 2.75) is 0 Å². The van der Waals surface area contributed by atoms with Gasteiger partial charge in [-0.1, -0.05) is 0 Å². The maximum atomic E-state index is 10.9. The van der Waals surface area contributed by atoms with Gasteiger partial charge in [-0.3, -0.25) is 10.1 Å². The summed E-state index contributed by atoms with van der Waals surface area (Å²) in [5, 5.41) is 34.6. The molecule has 0 amide bonds. The second-order valence-corrected chi connectivity index (χ2v) is 5.86. The predicted molar refractivity (Wildman–Crippen MR) is 92.6 cm³/mol. The molecule has 0 aliphatic heterocycles. The van der Waals surface area contributed by atoms with Crippen LogP contribution in [0.1, 0.15) is 10.4 Å². The lowest BCUT2D eigenvalue weighted by Crippen LogP contribution is -1.97. The van der Waals surface area contributed by atoms with Crippen molar-refractivity contribution in [2.24, 2.45) is 0 Å². The Bertz CT molecular complexity index is 953. The Balaban J connectivity index is 1.78. The van der Waals surface area contributed by atoms with E-state index in [0.717, 1.165) is 5.56 Å². The summed E-state index contributed by atoms with van der Waals surface area (Å²) in [7, 11) is 0. The molecule has 0 aliphatic rings. The van der Waals surface area contributed by atoms with E-state index in [9.17, 15) is 20.0 Å². The maximum absolute atomic E-state index is 10.9. The fourth-order valence-electron chi connectivity index (χ4n) is 2.13. The minimum Gasteiger partial charge on any atom is -0.507 e. The maximum Gasteiger partial charge on any atom is 0.339 e. The van der Waals surface area contributed by atoms with Crippen molar-refractivity contribution in [3.05, 3.63) is 63.5 Å². The first-order chi connectivity index (χ1) is 11.9. The van der Waals surface area contributed by atoms with Gasteiger partial charge in [0.2, 0.25) is 0 Å². The van der Waals surface area contributed by atoms with Gasteiger partial charge in [0.15, 0.2) is 5.13 Å². The molecule has 126 valence electrons. The molecular weight excluding hydrogens is 346 g/mol. The van der Waals surface area contributed by atoms with Crippen molar-refractivity contribution in [2.75, 3.05) is 5.32 Å². The number of nitro groups is 1. The summed E-state index contributed by atoms with van der Waals surface area (Å²) in [4.78, 5) is 25.5. The van der Waals surface area contributed by atoms with Crippen molar-refractivity contribution in [1.82, 2.24) is 4.98 Å². The molecule has 0 unspecified atom stereocenters. The van der Waals surface area contributed by atoms with Gasteiger partial charge in [0.1, 0.15) is 11.3 Å². The number of aromatic hydroxyl groups is 1. The van der Waals surface area contributed by atoms with Crippen LogP contribution in [0.15, 0.2) is 47.8 Å². The Morgan fingerprint density at radius 2 is 1.92 bits per heavy atom. The lowest BCUT2D eigenvalue weighted by Gasteiger charge is -2.05. The molecule has 1 heterocycles. The first kappa shape index (κ1) is 16.4. The Hall–Kier alpha value is -3.46. The zero-order valence-electron chi connectivity index (χ0n) is 12.5. The molecule has 0 radical (unpaired) electrons. The summed E-state index contributed by atoms with van der Waals surface area (Å²) in [6.07, 6.45) is 0. The monoisotopic (exact) mass is 357 g/mol. The van der Waals surface area contributed by atoms with Gasteiger partial charge < -0.3 is 15.5 Å². The number of nitro benzene ring substituents is 1. The molecule has 3 N–H and O–H groups in total. The summed E-state index contributed by atoms with van der Waals surface area (Å²) in [6.45, 7) is 0. The summed E-state index contributed by atoms with van der Waals surface area (Å²) in [6, 6.07) is 10.2. The van der Waals surface area contributed by atoms with Gasteiger partial charge in [-0.25, -0.2) is 9.78 Å². The van der Waals surface area contributed by atoms with Gasteiger partial charge in [0.25, 0.3) is 5.69 Å². The predicted octanol–water partition coefficient (Wildman–Crippen LogP) is 3.87. The third-order valence-corrected chi connectivity index (χ3v) is 4.12. The number of hydrogen-bond donors (Lipinski definition) is 3. The minimum absolute atomic E-state index is 0.00586. The van der Waals surface area contributed by atoms with E-state index < -0.39 is 10.9 Å². The molecule has 0 bridgehead atoms. The molecule has 25 heavy (non-hydrogen) atoms. The third-order valence-electron chi connectivity index (χ3n) is 3.36. The second-order valence-electron chi connectivity index (χ2n) is 5.00. The molecule has 0 fully saturated rings. The molecule has 3 aromatic rings. The lowest BCUT2D eigenvalue weighted by atomic mass is 10.1. The first-order valence-electron chi connectivity index (χ1n) is 6.98. The van der Waals surface area contributed by atoms with Gasteiger partial charge in [-0.2, -0.15) is 0 Å². The van der Waals surface area contributed by atoms with Crippen LogP contribution >= 0.6 is 11.3 Å². The number of nitrogens with one attached hydrogen (secondary N) is 1. The molecule has 9 heteroatoms. The summed E-state index contributed by atoms with van der Waals surface area (Å²) < 4.78 is 0. The number of hydrogen-bond acceptors (Lipinski definition) is 7. The summed E-state index contributed by atoms with van der Waals surface area (Å²) in [5.74, 6) is -1.55. The first-order valence-corrected chi connectivity index (χ1v) is 7.85. The van der Waals surface area contributed by atoms with Crippen molar-refractivity contribution in [3.8, 4) is 17.0 Å². The SMILES string of the molecule is O=C(O)c1ccc(Nc2nc(-c3ccc([N+](=O)[O-])cc3)cs2)cc1O. The normalized spacial score (nSPS) is 10.4. The number of aromatic carboxylic acids is 1. The Labute approximate surface area is 145 Å². The van der Waals surface area contributed by atoms with Gasteiger partial charge in [0, 0.05) is 34.8 Å². The van der Waals surface area contributed by atoms with E-state index in [4.69, 9.17) is 5.11 Å². The number of phenols is 1. The van der Waals surface area contributed by atoms with E-state index in [1.54, 1.807) is 17.5 Å². The number of aromatic nitrogens is 1. The summed E-state index contributed by atoms with van der Waals surface area (Å²) in [5.41, 5.74) is 1.70. The van der Waals surface area contributed by atoms with Crippen LogP contribution in [-0.4, -0.2) is 26.1 Å². The molecule has 0 saturated carbocycles. The van der Waals surface area contributed by atoms with Crippen molar-refractivity contribution in [3.63, 3.8) is 0 Å².